The number of aromatic nitrogens is 3. The summed E-state index contributed by atoms with van der Waals surface area (Å²) in [6.45, 7) is 5.82. The topological polar surface area (TPSA) is 47.9 Å². The molecule has 29 heavy (non-hydrogen) atoms. The maximum Gasteiger partial charge on any atom is 0.140 e. The van der Waals surface area contributed by atoms with E-state index in [4.69, 9.17) is 16.3 Å². The van der Waals surface area contributed by atoms with Crippen LogP contribution in [0.1, 0.15) is 42.7 Å². The lowest BCUT2D eigenvalue weighted by Crippen LogP contribution is -1.99. The number of rotatable bonds is 5. The molecule has 152 valence electrons. The van der Waals surface area contributed by atoms with Gasteiger partial charge in [-0.2, -0.15) is 0 Å². The molecule has 2 heterocycles. The van der Waals surface area contributed by atoms with Gasteiger partial charge in [-0.3, -0.25) is 4.98 Å². The molecule has 0 aliphatic rings. The van der Waals surface area contributed by atoms with Gasteiger partial charge in [0.1, 0.15) is 23.0 Å². The lowest BCUT2D eigenvalue weighted by Gasteiger charge is -2.12. The minimum atomic E-state index is -0.287. The van der Waals surface area contributed by atoms with E-state index in [9.17, 15) is 4.39 Å². The SMILES string of the molecule is C/C=C(/c1ccccc1F)c1c(C)ncnc1Cl.CCCc1cncc(OC)c1. The average molecular weight is 414 g/mol. The van der Waals surface area contributed by atoms with Crippen LogP contribution in [-0.2, 0) is 6.42 Å². The number of halogens is 2. The first-order chi connectivity index (χ1) is 14.0. The van der Waals surface area contributed by atoms with Crippen molar-refractivity contribution in [1.82, 2.24) is 15.0 Å². The Balaban J connectivity index is 0.000000234. The van der Waals surface area contributed by atoms with Crippen molar-refractivity contribution < 1.29 is 9.13 Å². The molecule has 1 aromatic carbocycles. The second kappa shape index (κ2) is 11.3. The molecule has 0 fully saturated rings. The van der Waals surface area contributed by atoms with Crippen LogP contribution in [-0.4, -0.2) is 22.1 Å². The monoisotopic (exact) mass is 413 g/mol. The van der Waals surface area contributed by atoms with Crippen molar-refractivity contribution in [2.45, 2.75) is 33.6 Å². The molecule has 0 spiro atoms. The smallest absolute Gasteiger partial charge is 0.140 e. The summed E-state index contributed by atoms with van der Waals surface area (Å²) >= 11 is 6.09. The largest absolute Gasteiger partial charge is 0.495 e. The molecule has 0 aliphatic carbocycles. The van der Waals surface area contributed by atoms with Gasteiger partial charge in [0.2, 0.25) is 0 Å². The molecule has 0 unspecified atom stereocenters. The van der Waals surface area contributed by atoms with E-state index in [2.05, 4.69) is 21.9 Å². The van der Waals surface area contributed by atoms with E-state index in [0.717, 1.165) is 24.3 Å². The first-order valence-corrected chi connectivity index (χ1v) is 9.76. The zero-order valence-corrected chi connectivity index (χ0v) is 17.9. The number of pyridine rings is 1. The van der Waals surface area contributed by atoms with E-state index in [0.29, 0.717) is 21.9 Å². The molecule has 0 N–H and O–H groups in total. The predicted molar refractivity (Wildman–Crippen MR) is 116 cm³/mol. The fraction of sp³-hybridized carbons (Fsp3) is 0.261. The van der Waals surface area contributed by atoms with Gasteiger partial charge in [-0.15, -0.1) is 0 Å². The highest BCUT2D eigenvalue weighted by molar-refractivity contribution is 6.31. The molecule has 3 rings (SSSR count). The van der Waals surface area contributed by atoms with Gasteiger partial charge in [-0.05, 0) is 43.5 Å². The third kappa shape index (κ3) is 6.09. The van der Waals surface area contributed by atoms with E-state index >= 15 is 0 Å². The fourth-order valence-electron chi connectivity index (χ4n) is 2.87. The summed E-state index contributed by atoms with van der Waals surface area (Å²) in [5.74, 6) is 0.556. The minimum Gasteiger partial charge on any atom is -0.495 e. The molecule has 4 nitrogen and oxygen atoms in total. The van der Waals surface area contributed by atoms with E-state index in [1.165, 1.54) is 18.0 Å². The summed E-state index contributed by atoms with van der Waals surface area (Å²) in [5.41, 5.74) is 3.85. The zero-order chi connectivity index (χ0) is 21.2. The highest BCUT2D eigenvalue weighted by Gasteiger charge is 2.15. The highest BCUT2D eigenvalue weighted by atomic mass is 35.5. The first-order valence-electron chi connectivity index (χ1n) is 9.38. The molecule has 0 bridgehead atoms. The Hall–Kier alpha value is -2.79. The van der Waals surface area contributed by atoms with Crippen LogP contribution in [0, 0.1) is 12.7 Å². The molecule has 0 aliphatic heterocycles. The number of ether oxygens (including phenoxy) is 1. The Morgan fingerprint density at radius 1 is 1.21 bits per heavy atom. The number of nitrogens with zero attached hydrogens (tertiary/aromatic N) is 3. The van der Waals surface area contributed by atoms with Crippen molar-refractivity contribution in [1.29, 1.82) is 0 Å². The molecule has 6 heteroatoms. The van der Waals surface area contributed by atoms with Gasteiger partial charge in [-0.25, -0.2) is 14.4 Å². The third-order valence-corrected chi connectivity index (χ3v) is 4.54. The van der Waals surface area contributed by atoms with Gasteiger partial charge < -0.3 is 4.74 Å². The Labute approximate surface area is 176 Å². The van der Waals surface area contributed by atoms with E-state index in [1.807, 2.05) is 32.2 Å². The van der Waals surface area contributed by atoms with Crippen molar-refractivity contribution in [3.05, 3.63) is 88.5 Å². The van der Waals surface area contributed by atoms with Crippen LogP contribution in [0.2, 0.25) is 5.15 Å². The van der Waals surface area contributed by atoms with Crippen LogP contribution >= 0.6 is 11.6 Å². The van der Waals surface area contributed by atoms with Crippen LogP contribution in [0.3, 0.4) is 0 Å². The summed E-state index contributed by atoms with van der Waals surface area (Å²) in [5, 5.41) is 0.332. The Morgan fingerprint density at radius 3 is 2.59 bits per heavy atom. The minimum absolute atomic E-state index is 0.287. The molecule has 0 radical (unpaired) electrons. The maximum atomic E-state index is 13.9. The maximum absolute atomic E-state index is 13.9. The molecule has 0 saturated heterocycles. The van der Waals surface area contributed by atoms with Gasteiger partial charge >= 0.3 is 0 Å². The fourth-order valence-corrected chi connectivity index (χ4v) is 3.15. The molecular formula is C23H25ClFN3O. The number of hydrogen-bond acceptors (Lipinski definition) is 4. The Kier molecular flexibility index (Phi) is 8.74. The molecular weight excluding hydrogens is 389 g/mol. The van der Waals surface area contributed by atoms with Gasteiger partial charge in [0, 0.05) is 17.3 Å². The first kappa shape index (κ1) is 22.5. The number of aryl methyl sites for hydroxylation is 2. The van der Waals surface area contributed by atoms with Crippen molar-refractivity contribution in [2.24, 2.45) is 0 Å². The van der Waals surface area contributed by atoms with E-state index in [1.54, 1.807) is 31.5 Å². The second-order valence-corrected chi connectivity index (χ2v) is 6.65. The summed E-state index contributed by atoms with van der Waals surface area (Å²) < 4.78 is 18.9. The Morgan fingerprint density at radius 2 is 1.97 bits per heavy atom. The lowest BCUT2D eigenvalue weighted by molar-refractivity contribution is 0.412. The van der Waals surface area contributed by atoms with Crippen molar-refractivity contribution in [3.63, 3.8) is 0 Å². The summed E-state index contributed by atoms with van der Waals surface area (Å²) in [6, 6.07) is 8.60. The van der Waals surface area contributed by atoms with Crippen molar-refractivity contribution in [3.8, 4) is 5.75 Å². The highest BCUT2D eigenvalue weighted by Crippen LogP contribution is 2.31. The third-order valence-electron chi connectivity index (χ3n) is 4.26. The summed E-state index contributed by atoms with van der Waals surface area (Å²) in [7, 11) is 1.66. The summed E-state index contributed by atoms with van der Waals surface area (Å²) in [6.07, 6.45) is 9.04. The quantitative estimate of drug-likeness (QED) is 0.476. The molecule has 0 saturated carbocycles. The van der Waals surface area contributed by atoms with Crippen LogP contribution in [0.15, 0.2) is 55.1 Å². The zero-order valence-electron chi connectivity index (χ0n) is 17.1. The van der Waals surface area contributed by atoms with Gasteiger partial charge in [0.05, 0.1) is 19.0 Å². The average Bonchev–Trinajstić information content (AvgIpc) is 2.72. The van der Waals surface area contributed by atoms with Crippen LogP contribution in [0.4, 0.5) is 4.39 Å². The molecule has 0 amide bonds. The van der Waals surface area contributed by atoms with Crippen LogP contribution in [0.25, 0.3) is 5.57 Å². The van der Waals surface area contributed by atoms with Gasteiger partial charge in [0.25, 0.3) is 0 Å². The number of benzene rings is 1. The standard InChI is InChI=1S/C14H12ClFN2.C9H13NO/c1-3-10(11-6-4-5-7-12(11)16)13-9(2)17-8-18-14(13)15;1-3-4-8-5-9(11-2)7-10-6-8/h3-8H,1-2H3;5-7H,3-4H2,1-2H3/b10-3-;. The predicted octanol–water partition coefficient (Wildman–Crippen LogP) is 6.07. The Bertz CT molecular complexity index is 956. The number of allylic oxidation sites excluding steroid dienone is 1. The van der Waals surface area contributed by atoms with Crippen LogP contribution < -0.4 is 4.74 Å². The molecule has 2 aromatic heterocycles. The lowest BCUT2D eigenvalue weighted by atomic mass is 9.97. The second-order valence-electron chi connectivity index (χ2n) is 6.29. The molecule has 3 aromatic rings. The van der Waals surface area contributed by atoms with Gasteiger partial charge in [0.15, 0.2) is 0 Å². The number of methoxy groups -OCH3 is 1. The molecule has 0 atom stereocenters. The van der Waals surface area contributed by atoms with E-state index in [-0.39, 0.29) is 5.82 Å². The number of hydrogen-bond donors (Lipinski definition) is 0. The van der Waals surface area contributed by atoms with E-state index < -0.39 is 0 Å². The summed E-state index contributed by atoms with van der Waals surface area (Å²) in [4.78, 5) is 12.1. The van der Waals surface area contributed by atoms with Crippen LogP contribution in [0.5, 0.6) is 5.75 Å². The normalized spacial score (nSPS) is 10.9. The van der Waals surface area contributed by atoms with Gasteiger partial charge in [-0.1, -0.05) is 49.2 Å². The van der Waals surface area contributed by atoms with Crippen molar-refractivity contribution in [2.75, 3.05) is 7.11 Å². The van der Waals surface area contributed by atoms with Crippen molar-refractivity contribution >= 4 is 17.2 Å².